The van der Waals surface area contributed by atoms with Crippen molar-refractivity contribution in [1.29, 1.82) is 0 Å². The summed E-state index contributed by atoms with van der Waals surface area (Å²) in [5.74, 6) is -5.18. The van der Waals surface area contributed by atoms with Crippen molar-refractivity contribution in [2.24, 2.45) is 0 Å². The number of benzene rings is 3. The van der Waals surface area contributed by atoms with Crippen LogP contribution in [0.5, 0.6) is 5.75 Å². The summed E-state index contributed by atoms with van der Waals surface area (Å²) in [7, 11) is 0. The third-order valence-electron chi connectivity index (χ3n) is 9.61. The topological polar surface area (TPSA) is 99.1 Å². The van der Waals surface area contributed by atoms with Crippen molar-refractivity contribution < 1.29 is 37.0 Å². The van der Waals surface area contributed by atoms with E-state index >= 15 is 0 Å². The molecule has 2 fully saturated rings. The minimum Gasteiger partial charge on any atom is -0.483 e. The number of hydrogen-bond donors (Lipinski definition) is 1. The number of nitrogens with one attached hydrogen (secondary N) is 1. The Bertz CT molecular complexity index is 1930. The monoisotopic (exact) mass is 673 g/mol. The van der Waals surface area contributed by atoms with E-state index < -0.39 is 70.3 Å². The predicted molar refractivity (Wildman–Crippen MR) is 171 cm³/mol. The molecule has 3 aliphatic heterocycles. The van der Waals surface area contributed by atoms with Gasteiger partial charge in [0.2, 0.25) is 5.43 Å². The average Bonchev–Trinajstić information content (AvgIpc) is 3.45. The Balaban J connectivity index is 1.29. The lowest BCUT2D eigenvalue weighted by atomic mass is 9.88. The van der Waals surface area contributed by atoms with E-state index in [2.05, 4.69) is 5.32 Å². The van der Waals surface area contributed by atoms with Crippen LogP contribution in [0.4, 0.5) is 13.2 Å². The molecule has 2 bridgehead atoms. The van der Waals surface area contributed by atoms with E-state index in [0.29, 0.717) is 31.4 Å². The second-order valence-electron chi connectivity index (χ2n) is 12.7. The summed E-state index contributed by atoms with van der Waals surface area (Å²) in [6.45, 7) is 1.65. The fourth-order valence-electron chi connectivity index (χ4n) is 6.94. The van der Waals surface area contributed by atoms with Crippen molar-refractivity contribution in [3.05, 3.63) is 135 Å². The Kier molecular flexibility index (Phi) is 8.76. The summed E-state index contributed by atoms with van der Waals surface area (Å²) in [5, 5.41) is 2.39. The minimum absolute atomic E-state index is 0.0208. The Hall–Kier alpha value is -4.94. The van der Waals surface area contributed by atoms with Gasteiger partial charge in [0.25, 0.3) is 11.8 Å². The molecular weight excluding hydrogens is 639 g/mol. The third kappa shape index (κ3) is 6.22. The first-order valence-electron chi connectivity index (χ1n) is 16.2. The second-order valence-corrected chi connectivity index (χ2v) is 12.7. The van der Waals surface area contributed by atoms with Gasteiger partial charge in [-0.2, -0.15) is 0 Å². The van der Waals surface area contributed by atoms with Gasteiger partial charge in [-0.25, -0.2) is 13.2 Å². The van der Waals surface area contributed by atoms with Crippen molar-refractivity contribution in [2.45, 2.75) is 63.3 Å². The first-order valence-corrected chi connectivity index (χ1v) is 16.2. The second kappa shape index (κ2) is 13.2. The molecule has 1 unspecified atom stereocenters. The van der Waals surface area contributed by atoms with Gasteiger partial charge in [-0.05, 0) is 30.9 Å². The highest BCUT2D eigenvalue weighted by molar-refractivity contribution is 5.99. The maximum atomic E-state index is 14.4. The largest absolute Gasteiger partial charge is 0.483 e. The highest BCUT2D eigenvalue weighted by atomic mass is 19.1. The van der Waals surface area contributed by atoms with E-state index in [1.807, 2.05) is 43.3 Å². The standard InChI is InChI=1S/C37H34F3N3O6/c1-22-12-13-37(21-48-31(49-37)14-23-8-4-2-5-9-23)30-19-42(22)36(46)32-34(47-20-24-10-6-3-7-11-24)33(44)27(18-43(30)32)35(45)41-17-26-28(39)15-25(38)16-29(26)40/h2-11,15-16,18,22,30-31H,12-14,17,19-21H2,1H3,(H,41,45)/t22-,30+,31?,37-/m0/s1. The molecule has 9 nitrogen and oxygen atoms in total. The van der Waals surface area contributed by atoms with Crippen LogP contribution in [0.15, 0.2) is 83.8 Å². The number of amides is 2. The molecule has 2 amide bonds. The van der Waals surface area contributed by atoms with Crippen LogP contribution in [0.1, 0.15) is 63.3 Å². The zero-order valence-corrected chi connectivity index (χ0v) is 26.7. The molecule has 1 aromatic heterocycles. The van der Waals surface area contributed by atoms with Gasteiger partial charge in [0.05, 0.1) is 12.6 Å². The Morgan fingerprint density at radius 2 is 1.67 bits per heavy atom. The number of nitrogens with zero attached hydrogens (tertiary/aromatic N) is 2. The highest BCUT2D eigenvalue weighted by Gasteiger charge is 2.54. The van der Waals surface area contributed by atoms with Gasteiger partial charge in [0.1, 0.15) is 35.2 Å². The number of ether oxygens (including phenoxy) is 3. The van der Waals surface area contributed by atoms with E-state index in [1.54, 1.807) is 33.7 Å². The van der Waals surface area contributed by atoms with Crippen molar-refractivity contribution in [3.8, 4) is 5.75 Å². The number of halogens is 3. The Morgan fingerprint density at radius 1 is 1.00 bits per heavy atom. The molecular formula is C37H34F3N3O6. The van der Waals surface area contributed by atoms with Crippen LogP contribution in [0, 0.1) is 17.5 Å². The minimum atomic E-state index is -1.18. The van der Waals surface area contributed by atoms with Gasteiger partial charge in [-0.15, -0.1) is 0 Å². The molecule has 0 aliphatic carbocycles. The van der Waals surface area contributed by atoms with Gasteiger partial charge in [0, 0.05) is 49.4 Å². The maximum Gasteiger partial charge on any atom is 0.274 e. The van der Waals surface area contributed by atoms with E-state index in [-0.39, 0.29) is 37.2 Å². The Labute approximate surface area is 280 Å². The number of rotatable bonds is 8. The summed E-state index contributed by atoms with van der Waals surface area (Å²) >= 11 is 0. The predicted octanol–water partition coefficient (Wildman–Crippen LogP) is 5.31. The van der Waals surface area contributed by atoms with E-state index in [4.69, 9.17) is 14.2 Å². The lowest BCUT2D eigenvalue weighted by molar-refractivity contribution is -0.108. The summed E-state index contributed by atoms with van der Waals surface area (Å²) in [6.07, 6.45) is 2.36. The molecule has 3 aliphatic rings. The van der Waals surface area contributed by atoms with Gasteiger partial charge in [0.15, 0.2) is 17.7 Å². The van der Waals surface area contributed by atoms with Crippen LogP contribution in [0.25, 0.3) is 0 Å². The summed E-state index contributed by atoms with van der Waals surface area (Å²) in [4.78, 5) is 43.6. The molecule has 12 heteroatoms. The van der Waals surface area contributed by atoms with E-state index in [1.165, 1.54) is 6.20 Å². The number of carbonyl (C=O) groups is 2. The lowest BCUT2D eigenvalue weighted by Crippen LogP contribution is -2.53. The third-order valence-corrected chi connectivity index (χ3v) is 9.61. The molecule has 1 N–H and O–H groups in total. The first kappa shape index (κ1) is 32.6. The smallest absolute Gasteiger partial charge is 0.274 e. The van der Waals surface area contributed by atoms with Crippen molar-refractivity contribution in [1.82, 2.24) is 14.8 Å². The van der Waals surface area contributed by atoms with Crippen LogP contribution in [-0.2, 0) is 29.0 Å². The molecule has 4 atom stereocenters. The van der Waals surface area contributed by atoms with Crippen LogP contribution in [0.2, 0.25) is 0 Å². The molecule has 4 heterocycles. The molecule has 1 spiro atoms. The number of aromatic nitrogens is 1. The molecule has 7 rings (SSSR count). The summed E-state index contributed by atoms with van der Waals surface area (Å²) < 4.78 is 62.9. The zero-order chi connectivity index (χ0) is 34.3. The average molecular weight is 674 g/mol. The van der Waals surface area contributed by atoms with Gasteiger partial charge >= 0.3 is 0 Å². The number of carbonyl (C=O) groups excluding carboxylic acids is 2. The molecule has 0 saturated carbocycles. The quantitative estimate of drug-likeness (QED) is 0.273. The fraction of sp³-hybridized carbons (Fsp3) is 0.324. The number of pyridine rings is 1. The van der Waals surface area contributed by atoms with Crippen molar-refractivity contribution in [2.75, 3.05) is 13.2 Å². The van der Waals surface area contributed by atoms with Crippen molar-refractivity contribution >= 4 is 11.8 Å². The highest BCUT2D eigenvalue weighted by Crippen LogP contribution is 2.46. The number of fused-ring (bicyclic) bond motifs is 5. The maximum absolute atomic E-state index is 14.4. The molecule has 254 valence electrons. The van der Waals surface area contributed by atoms with E-state index in [0.717, 1.165) is 11.1 Å². The molecule has 4 aromatic rings. The molecule has 2 saturated heterocycles. The normalized spacial score (nSPS) is 22.9. The van der Waals surface area contributed by atoms with Gasteiger partial charge < -0.3 is 29.0 Å². The number of hydrogen-bond acceptors (Lipinski definition) is 6. The first-order chi connectivity index (χ1) is 23.6. The van der Waals surface area contributed by atoms with E-state index in [9.17, 15) is 27.6 Å². The summed E-state index contributed by atoms with van der Waals surface area (Å²) in [5.41, 5.74) is -1.02. The molecule has 49 heavy (non-hydrogen) atoms. The van der Waals surface area contributed by atoms with Gasteiger partial charge in [-0.1, -0.05) is 60.7 Å². The van der Waals surface area contributed by atoms with Crippen molar-refractivity contribution in [3.63, 3.8) is 0 Å². The lowest BCUT2D eigenvalue weighted by Gasteiger charge is -2.42. The van der Waals surface area contributed by atoms with Crippen LogP contribution < -0.4 is 15.5 Å². The van der Waals surface area contributed by atoms with Crippen LogP contribution in [-0.4, -0.2) is 52.4 Å². The molecule has 0 radical (unpaired) electrons. The SMILES string of the molecule is C[C@H]1CC[C@]2(COC(Cc3ccccc3)O2)[C@H]2CN1C(=O)c1c(OCc3ccccc3)c(=O)c(C(=O)NCc3c(F)cc(F)cc3F)cn12. The van der Waals surface area contributed by atoms with Crippen LogP contribution in [0.3, 0.4) is 0 Å². The Morgan fingerprint density at radius 3 is 2.37 bits per heavy atom. The van der Waals surface area contributed by atoms with Gasteiger partial charge in [-0.3, -0.25) is 14.4 Å². The fourth-order valence-corrected chi connectivity index (χ4v) is 6.94. The van der Waals surface area contributed by atoms with Crippen LogP contribution >= 0.6 is 0 Å². The summed E-state index contributed by atoms with van der Waals surface area (Å²) in [6, 6.07) is 19.0. The molecule has 3 aromatic carbocycles. The zero-order valence-electron chi connectivity index (χ0n) is 26.7.